The van der Waals surface area contributed by atoms with Gasteiger partial charge < -0.3 is 0 Å². The first-order chi connectivity index (χ1) is 6.68. The maximum atomic E-state index is 5.88. The van der Waals surface area contributed by atoms with Crippen LogP contribution in [0, 0.1) is 13.8 Å². The predicted octanol–water partition coefficient (Wildman–Crippen LogP) is 3.25. The molecule has 0 aliphatic rings. The normalized spacial score (nSPS) is 9.79. The molecule has 76 valence electrons. The minimum absolute atomic E-state index is 0.467. The number of rotatable bonds is 0. The molecule has 2 rings (SSSR count). The lowest BCUT2D eigenvalue weighted by atomic mass is 10.2. The molecule has 2 aromatic rings. The molecule has 4 heteroatoms. The van der Waals surface area contributed by atoms with E-state index in [2.05, 4.69) is 15.2 Å². The Morgan fingerprint density at radius 3 is 2.57 bits per heavy atom. The molecule has 0 amide bonds. The van der Waals surface area contributed by atoms with E-state index in [-0.39, 0.29) is 0 Å². The zero-order valence-electron chi connectivity index (χ0n) is 8.85. The predicted molar refractivity (Wildman–Crippen MR) is 59.7 cm³/mol. The van der Waals surface area contributed by atoms with Crippen LogP contribution < -0.4 is 0 Å². The summed E-state index contributed by atoms with van der Waals surface area (Å²) >= 11 is 5.88. The van der Waals surface area contributed by atoms with Crippen LogP contribution in [0.15, 0.2) is 6.07 Å². The molecule has 0 fully saturated rings. The summed E-state index contributed by atoms with van der Waals surface area (Å²) in [6.45, 7) is 7.88. The third-order valence-electron chi connectivity index (χ3n) is 1.82. The van der Waals surface area contributed by atoms with Gasteiger partial charge >= 0.3 is 0 Å². The maximum Gasteiger partial charge on any atom is 0.157 e. The number of nitrogens with zero attached hydrogens (tertiary/aromatic N) is 2. The van der Waals surface area contributed by atoms with E-state index in [1.54, 1.807) is 0 Å². The number of aromatic nitrogens is 3. The SMILES string of the molecule is CC.Cc1cc2c(C)[nH]nc2c(Cl)n1. The fourth-order valence-electron chi connectivity index (χ4n) is 1.22. The zero-order chi connectivity index (χ0) is 10.7. The highest BCUT2D eigenvalue weighted by Crippen LogP contribution is 2.22. The van der Waals surface area contributed by atoms with Crippen molar-refractivity contribution in [1.82, 2.24) is 15.2 Å². The van der Waals surface area contributed by atoms with Crippen molar-refractivity contribution in [1.29, 1.82) is 0 Å². The van der Waals surface area contributed by atoms with Crippen molar-refractivity contribution in [3.8, 4) is 0 Å². The summed E-state index contributed by atoms with van der Waals surface area (Å²) in [5.41, 5.74) is 2.69. The summed E-state index contributed by atoms with van der Waals surface area (Å²) in [6, 6.07) is 1.97. The second-order valence-electron chi connectivity index (χ2n) is 2.80. The number of nitrogens with one attached hydrogen (secondary N) is 1. The largest absolute Gasteiger partial charge is 0.282 e. The Morgan fingerprint density at radius 1 is 1.29 bits per heavy atom. The highest BCUT2D eigenvalue weighted by molar-refractivity contribution is 6.33. The first-order valence-corrected chi connectivity index (χ1v) is 5.04. The first-order valence-electron chi connectivity index (χ1n) is 4.66. The minimum Gasteiger partial charge on any atom is -0.282 e. The van der Waals surface area contributed by atoms with Gasteiger partial charge in [0.1, 0.15) is 5.52 Å². The molecule has 0 spiro atoms. The molecule has 0 atom stereocenters. The Labute approximate surface area is 88.5 Å². The molecular weight excluding hydrogens is 198 g/mol. The first kappa shape index (κ1) is 11.0. The standard InChI is InChI=1S/C8H8ClN3.C2H6/c1-4-3-6-5(2)11-12-7(6)8(9)10-4;1-2/h3H,1-2H3,(H,11,12);1-2H3. The van der Waals surface area contributed by atoms with Gasteiger partial charge in [0.2, 0.25) is 0 Å². The van der Waals surface area contributed by atoms with Crippen LogP contribution in [0.25, 0.3) is 10.9 Å². The third-order valence-corrected chi connectivity index (χ3v) is 2.08. The smallest absolute Gasteiger partial charge is 0.157 e. The summed E-state index contributed by atoms with van der Waals surface area (Å²) < 4.78 is 0. The molecule has 0 aliphatic carbocycles. The summed E-state index contributed by atoms with van der Waals surface area (Å²) in [7, 11) is 0. The molecular formula is C10H14ClN3. The summed E-state index contributed by atoms with van der Waals surface area (Å²) in [4.78, 5) is 4.10. The fourth-order valence-corrected chi connectivity index (χ4v) is 1.50. The van der Waals surface area contributed by atoms with Gasteiger partial charge in [-0.15, -0.1) is 0 Å². The van der Waals surface area contributed by atoms with Gasteiger partial charge in [-0.25, -0.2) is 4.98 Å². The van der Waals surface area contributed by atoms with Crippen LogP contribution >= 0.6 is 11.6 Å². The Bertz CT molecular complexity index is 434. The molecule has 0 aliphatic heterocycles. The monoisotopic (exact) mass is 211 g/mol. The van der Waals surface area contributed by atoms with Crippen molar-refractivity contribution in [2.75, 3.05) is 0 Å². The molecule has 0 radical (unpaired) electrons. The number of fused-ring (bicyclic) bond motifs is 1. The number of hydrogen-bond donors (Lipinski definition) is 1. The van der Waals surface area contributed by atoms with Gasteiger partial charge in [0.25, 0.3) is 0 Å². The highest BCUT2D eigenvalue weighted by atomic mass is 35.5. The second-order valence-corrected chi connectivity index (χ2v) is 3.16. The second kappa shape index (κ2) is 4.42. The topological polar surface area (TPSA) is 41.6 Å². The average molecular weight is 212 g/mol. The van der Waals surface area contributed by atoms with Crippen molar-refractivity contribution in [3.63, 3.8) is 0 Å². The van der Waals surface area contributed by atoms with Gasteiger partial charge in [0.15, 0.2) is 5.15 Å². The van der Waals surface area contributed by atoms with Gasteiger partial charge in [-0.3, -0.25) is 5.10 Å². The van der Waals surface area contributed by atoms with Crippen molar-refractivity contribution < 1.29 is 0 Å². The van der Waals surface area contributed by atoms with E-state index in [0.717, 1.165) is 22.3 Å². The number of H-pyrrole nitrogens is 1. The van der Waals surface area contributed by atoms with Crippen molar-refractivity contribution in [2.24, 2.45) is 0 Å². The Morgan fingerprint density at radius 2 is 1.93 bits per heavy atom. The van der Waals surface area contributed by atoms with Gasteiger partial charge in [-0.1, -0.05) is 25.4 Å². The number of aryl methyl sites for hydroxylation is 2. The molecule has 1 N–H and O–H groups in total. The average Bonchev–Trinajstić information content (AvgIpc) is 2.52. The van der Waals surface area contributed by atoms with Crippen LogP contribution in [-0.2, 0) is 0 Å². The molecule has 3 nitrogen and oxygen atoms in total. The summed E-state index contributed by atoms with van der Waals surface area (Å²) in [6.07, 6.45) is 0. The fraction of sp³-hybridized carbons (Fsp3) is 0.400. The van der Waals surface area contributed by atoms with Crippen LogP contribution in [0.3, 0.4) is 0 Å². The summed E-state index contributed by atoms with van der Waals surface area (Å²) in [5.74, 6) is 0. The van der Waals surface area contributed by atoms with Gasteiger partial charge in [-0.2, -0.15) is 5.10 Å². The summed E-state index contributed by atoms with van der Waals surface area (Å²) in [5, 5.41) is 8.43. The lowest BCUT2D eigenvalue weighted by Gasteiger charge is -1.94. The van der Waals surface area contributed by atoms with E-state index in [9.17, 15) is 0 Å². The molecule has 2 aromatic heterocycles. The molecule has 0 saturated carbocycles. The van der Waals surface area contributed by atoms with E-state index in [4.69, 9.17) is 11.6 Å². The number of aromatic amines is 1. The van der Waals surface area contributed by atoms with Crippen molar-refractivity contribution in [2.45, 2.75) is 27.7 Å². The molecule has 2 heterocycles. The molecule has 0 aromatic carbocycles. The number of hydrogen-bond acceptors (Lipinski definition) is 2. The van der Waals surface area contributed by atoms with Gasteiger partial charge in [0, 0.05) is 16.8 Å². The van der Waals surface area contributed by atoms with Crippen molar-refractivity contribution in [3.05, 3.63) is 22.6 Å². The zero-order valence-corrected chi connectivity index (χ0v) is 9.61. The van der Waals surface area contributed by atoms with Crippen LogP contribution in [0.2, 0.25) is 5.15 Å². The van der Waals surface area contributed by atoms with Gasteiger partial charge in [-0.05, 0) is 19.9 Å². The minimum atomic E-state index is 0.467. The number of halogens is 1. The Balaban J connectivity index is 0.000000461. The van der Waals surface area contributed by atoms with E-state index in [1.165, 1.54) is 0 Å². The maximum absolute atomic E-state index is 5.88. The van der Waals surface area contributed by atoms with Crippen LogP contribution in [0.4, 0.5) is 0 Å². The van der Waals surface area contributed by atoms with Crippen LogP contribution in [0.5, 0.6) is 0 Å². The van der Waals surface area contributed by atoms with E-state index >= 15 is 0 Å². The Kier molecular flexibility index (Phi) is 3.47. The molecule has 0 unspecified atom stereocenters. The third kappa shape index (κ3) is 1.87. The molecule has 14 heavy (non-hydrogen) atoms. The van der Waals surface area contributed by atoms with E-state index in [0.29, 0.717) is 5.15 Å². The highest BCUT2D eigenvalue weighted by Gasteiger charge is 2.06. The number of pyridine rings is 1. The molecule has 0 bridgehead atoms. The lowest BCUT2D eigenvalue weighted by molar-refractivity contribution is 1.07. The molecule has 0 saturated heterocycles. The lowest BCUT2D eigenvalue weighted by Crippen LogP contribution is -1.82. The van der Waals surface area contributed by atoms with E-state index < -0.39 is 0 Å². The van der Waals surface area contributed by atoms with Crippen LogP contribution in [-0.4, -0.2) is 15.2 Å². The van der Waals surface area contributed by atoms with E-state index in [1.807, 2.05) is 33.8 Å². The van der Waals surface area contributed by atoms with Crippen LogP contribution in [0.1, 0.15) is 25.2 Å². The van der Waals surface area contributed by atoms with Crippen molar-refractivity contribution >= 4 is 22.5 Å². The Hall–Kier alpha value is -1.09. The quantitative estimate of drug-likeness (QED) is 0.680. The van der Waals surface area contributed by atoms with Gasteiger partial charge in [0.05, 0.1) is 0 Å².